The average molecular weight is 226 g/mol. The monoisotopic (exact) mass is 226 g/mol. The van der Waals surface area contributed by atoms with Crippen LogP contribution in [0.4, 0.5) is 4.39 Å². The lowest BCUT2D eigenvalue weighted by molar-refractivity contribution is -0.140. The minimum atomic E-state index is -0.943. The predicted molar refractivity (Wildman–Crippen MR) is 56.7 cm³/mol. The fourth-order valence-corrected chi connectivity index (χ4v) is 2.16. The fourth-order valence-electron chi connectivity index (χ4n) is 1.73. The Morgan fingerprint density at radius 1 is 1.53 bits per heavy atom. The summed E-state index contributed by atoms with van der Waals surface area (Å²) in [5.41, 5.74) is -0.617. The second kappa shape index (κ2) is 3.52. The van der Waals surface area contributed by atoms with Gasteiger partial charge in [-0.1, -0.05) is 6.07 Å². The van der Waals surface area contributed by atoms with Crippen LogP contribution >= 0.6 is 11.8 Å². The Morgan fingerprint density at radius 3 is 2.60 bits per heavy atom. The van der Waals surface area contributed by atoms with Crippen molar-refractivity contribution in [2.75, 3.05) is 6.26 Å². The van der Waals surface area contributed by atoms with Gasteiger partial charge in [-0.05, 0) is 31.2 Å². The lowest BCUT2D eigenvalue weighted by Crippen LogP contribution is -2.20. The molecule has 1 aromatic carbocycles. The highest BCUT2D eigenvalue weighted by molar-refractivity contribution is 7.98. The molecule has 0 aliphatic heterocycles. The van der Waals surface area contributed by atoms with Crippen molar-refractivity contribution in [2.24, 2.45) is 0 Å². The molecule has 80 valence electrons. The van der Waals surface area contributed by atoms with E-state index in [0.717, 1.165) is 4.90 Å². The molecule has 1 saturated carbocycles. The number of halogens is 1. The third kappa shape index (κ3) is 1.63. The largest absolute Gasteiger partial charge is 0.481 e. The number of rotatable bonds is 3. The molecule has 1 aliphatic rings. The maximum Gasteiger partial charge on any atom is 0.314 e. The first-order valence-electron chi connectivity index (χ1n) is 4.67. The van der Waals surface area contributed by atoms with Crippen molar-refractivity contribution < 1.29 is 14.3 Å². The Balaban J connectivity index is 2.42. The first-order valence-corrected chi connectivity index (χ1v) is 5.90. The van der Waals surface area contributed by atoms with Crippen LogP contribution in [0, 0.1) is 5.82 Å². The zero-order chi connectivity index (χ0) is 11.1. The first kappa shape index (κ1) is 10.5. The van der Waals surface area contributed by atoms with Crippen molar-refractivity contribution >= 4 is 17.7 Å². The number of carbonyl (C=O) groups is 1. The Morgan fingerprint density at radius 2 is 2.20 bits per heavy atom. The van der Waals surface area contributed by atoms with E-state index in [1.54, 1.807) is 12.1 Å². The minimum Gasteiger partial charge on any atom is -0.481 e. The van der Waals surface area contributed by atoms with Crippen molar-refractivity contribution in [3.63, 3.8) is 0 Å². The van der Waals surface area contributed by atoms with E-state index in [1.807, 2.05) is 6.26 Å². The molecule has 4 heteroatoms. The number of hydrogen-bond acceptors (Lipinski definition) is 2. The average Bonchev–Trinajstić information content (AvgIpc) is 2.98. The summed E-state index contributed by atoms with van der Waals surface area (Å²) >= 11 is 1.44. The predicted octanol–water partition coefficient (Wildman–Crippen LogP) is 2.66. The molecule has 0 atom stereocenters. The summed E-state index contributed by atoms with van der Waals surface area (Å²) in [6, 6.07) is 4.78. The smallest absolute Gasteiger partial charge is 0.314 e. The normalized spacial score (nSPS) is 17.5. The number of aliphatic carboxylic acids is 1. The van der Waals surface area contributed by atoms with Gasteiger partial charge >= 0.3 is 5.97 Å². The van der Waals surface area contributed by atoms with Gasteiger partial charge in [0.2, 0.25) is 0 Å². The van der Waals surface area contributed by atoms with Crippen LogP contribution in [0.2, 0.25) is 0 Å². The van der Waals surface area contributed by atoms with Crippen LogP contribution in [0.5, 0.6) is 0 Å². The lowest BCUT2D eigenvalue weighted by Gasteiger charge is -2.11. The van der Waals surface area contributed by atoms with Crippen LogP contribution in [0.1, 0.15) is 18.4 Å². The Hall–Kier alpha value is -1.03. The van der Waals surface area contributed by atoms with Gasteiger partial charge in [0.15, 0.2) is 0 Å². The molecular weight excluding hydrogens is 215 g/mol. The topological polar surface area (TPSA) is 37.3 Å². The summed E-state index contributed by atoms with van der Waals surface area (Å²) in [6.45, 7) is 0. The maximum atomic E-state index is 13.7. The Labute approximate surface area is 91.5 Å². The fraction of sp³-hybridized carbons (Fsp3) is 0.364. The van der Waals surface area contributed by atoms with Gasteiger partial charge in [-0.15, -0.1) is 11.8 Å². The zero-order valence-electron chi connectivity index (χ0n) is 8.29. The van der Waals surface area contributed by atoms with Crippen LogP contribution in [-0.4, -0.2) is 17.3 Å². The quantitative estimate of drug-likeness (QED) is 0.805. The van der Waals surface area contributed by atoms with Gasteiger partial charge in [0, 0.05) is 10.5 Å². The highest BCUT2D eigenvalue weighted by Crippen LogP contribution is 2.49. The molecule has 15 heavy (non-hydrogen) atoms. The summed E-state index contributed by atoms with van der Waals surface area (Å²) < 4.78 is 13.7. The highest BCUT2D eigenvalue weighted by atomic mass is 32.2. The number of benzene rings is 1. The van der Waals surface area contributed by atoms with Gasteiger partial charge < -0.3 is 5.11 Å². The molecule has 0 heterocycles. The van der Waals surface area contributed by atoms with Crippen molar-refractivity contribution in [1.29, 1.82) is 0 Å². The molecule has 0 spiro atoms. The molecular formula is C11H11FO2S. The van der Waals surface area contributed by atoms with Crippen LogP contribution < -0.4 is 0 Å². The van der Waals surface area contributed by atoms with Crippen molar-refractivity contribution in [1.82, 2.24) is 0 Å². The minimum absolute atomic E-state index is 0.327. The lowest BCUT2D eigenvalue weighted by atomic mass is 9.96. The third-order valence-corrected chi connectivity index (χ3v) is 3.58. The highest BCUT2D eigenvalue weighted by Gasteiger charge is 2.53. The summed E-state index contributed by atoms with van der Waals surface area (Å²) in [5, 5.41) is 9.04. The molecule has 0 radical (unpaired) electrons. The second-order valence-electron chi connectivity index (χ2n) is 3.73. The number of carboxylic acid groups (broad SMARTS) is 1. The molecule has 1 fully saturated rings. The van der Waals surface area contributed by atoms with Crippen LogP contribution in [-0.2, 0) is 10.2 Å². The molecule has 1 aromatic rings. The SMILES string of the molecule is CSc1ccc(C2(C(=O)O)CC2)c(F)c1. The van der Waals surface area contributed by atoms with E-state index >= 15 is 0 Å². The standard InChI is InChI=1S/C11H11FO2S/c1-15-7-2-3-8(9(12)6-7)11(4-5-11)10(13)14/h2-3,6H,4-5H2,1H3,(H,13,14). The molecule has 0 unspecified atom stereocenters. The van der Waals surface area contributed by atoms with Gasteiger partial charge in [0.05, 0.1) is 5.41 Å². The van der Waals surface area contributed by atoms with Gasteiger partial charge in [-0.2, -0.15) is 0 Å². The Bertz CT molecular complexity index is 413. The molecule has 0 aromatic heterocycles. The number of hydrogen-bond donors (Lipinski definition) is 1. The van der Waals surface area contributed by atoms with E-state index in [1.165, 1.54) is 17.8 Å². The van der Waals surface area contributed by atoms with Crippen LogP contribution in [0.15, 0.2) is 23.1 Å². The van der Waals surface area contributed by atoms with E-state index in [4.69, 9.17) is 5.11 Å². The zero-order valence-corrected chi connectivity index (χ0v) is 9.10. The molecule has 0 amide bonds. The summed E-state index contributed by atoms with van der Waals surface area (Å²) in [7, 11) is 0. The molecule has 1 aliphatic carbocycles. The third-order valence-electron chi connectivity index (χ3n) is 2.85. The number of thioether (sulfide) groups is 1. The molecule has 0 bridgehead atoms. The van der Waals surface area contributed by atoms with E-state index in [0.29, 0.717) is 18.4 Å². The van der Waals surface area contributed by atoms with E-state index in [-0.39, 0.29) is 0 Å². The van der Waals surface area contributed by atoms with Crippen molar-refractivity contribution in [2.45, 2.75) is 23.2 Å². The molecule has 2 rings (SSSR count). The second-order valence-corrected chi connectivity index (χ2v) is 4.61. The van der Waals surface area contributed by atoms with Gasteiger partial charge in [-0.3, -0.25) is 4.79 Å². The molecule has 1 N–H and O–H groups in total. The summed E-state index contributed by atoms with van der Waals surface area (Å²) in [5.74, 6) is -1.32. The van der Waals surface area contributed by atoms with Crippen LogP contribution in [0.3, 0.4) is 0 Å². The van der Waals surface area contributed by atoms with E-state index < -0.39 is 17.2 Å². The van der Waals surface area contributed by atoms with E-state index in [9.17, 15) is 9.18 Å². The molecule has 2 nitrogen and oxygen atoms in total. The van der Waals surface area contributed by atoms with Gasteiger partial charge in [0.1, 0.15) is 5.82 Å². The van der Waals surface area contributed by atoms with Gasteiger partial charge in [0.25, 0.3) is 0 Å². The summed E-state index contributed by atoms with van der Waals surface area (Å²) in [4.78, 5) is 11.8. The Kier molecular flexibility index (Phi) is 2.46. The first-order chi connectivity index (χ1) is 7.10. The van der Waals surface area contributed by atoms with Gasteiger partial charge in [-0.25, -0.2) is 4.39 Å². The summed E-state index contributed by atoms with van der Waals surface area (Å²) in [6.07, 6.45) is 2.94. The van der Waals surface area contributed by atoms with Crippen molar-refractivity contribution in [3.8, 4) is 0 Å². The van der Waals surface area contributed by atoms with Crippen molar-refractivity contribution in [3.05, 3.63) is 29.6 Å². The molecule has 0 saturated heterocycles. The maximum absolute atomic E-state index is 13.7. The van der Waals surface area contributed by atoms with Crippen LogP contribution in [0.25, 0.3) is 0 Å². The van der Waals surface area contributed by atoms with E-state index in [2.05, 4.69) is 0 Å². The number of carboxylic acids is 1.